The number of hydrogen-bond acceptors (Lipinski definition) is 6. The lowest BCUT2D eigenvalue weighted by atomic mass is 9.86. The fraction of sp³-hybridized carbons (Fsp3) is 0.533. The number of aromatic amines is 1. The number of aromatic nitrogens is 4. The van der Waals surface area contributed by atoms with Crippen molar-refractivity contribution in [1.82, 2.24) is 25.3 Å². The largest absolute Gasteiger partial charge is 0.481 e. The van der Waals surface area contributed by atoms with Crippen molar-refractivity contribution in [3.05, 3.63) is 12.7 Å². The molecule has 0 bridgehead atoms. The first-order chi connectivity index (χ1) is 11.5. The number of aliphatic carboxylic acids is 1. The van der Waals surface area contributed by atoms with Gasteiger partial charge in [-0.25, -0.2) is 15.0 Å². The van der Waals surface area contributed by atoms with E-state index in [-0.39, 0.29) is 24.4 Å². The zero-order chi connectivity index (χ0) is 17.1. The Balaban J connectivity index is 1.55. The molecule has 1 fully saturated rings. The van der Waals surface area contributed by atoms with Gasteiger partial charge < -0.3 is 20.3 Å². The molecule has 9 heteroatoms. The van der Waals surface area contributed by atoms with Gasteiger partial charge in [-0.1, -0.05) is 0 Å². The van der Waals surface area contributed by atoms with E-state index >= 15 is 0 Å². The highest BCUT2D eigenvalue weighted by molar-refractivity contribution is 5.87. The highest BCUT2D eigenvalue weighted by Gasteiger charge is 2.27. The maximum atomic E-state index is 12.2. The van der Waals surface area contributed by atoms with Gasteiger partial charge in [-0.2, -0.15) is 0 Å². The molecule has 1 aliphatic rings. The van der Waals surface area contributed by atoms with Gasteiger partial charge >= 0.3 is 5.97 Å². The molecule has 0 aromatic carbocycles. The van der Waals surface area contributed by atoms with Crippen LogP contribution < -0.4 is 10.2 Å². The fourth-order valence-electron chi connectivity index (χ4n) is 3.09. The number of likely N-dealkylation sites (N-methyl/N-ethyl adjacent to an activating group) is 1. The van der Waals surface area contributed by atoms with Crippen molar-refractivity contribution in [2.75, 3.05) is 18.5 Å². The zero-order valence-corrected chi connectivity index (χ0v) is 13.4. The van der Waals surface area contributed by atoms with Crippen molar-refractivity contribution in [3.8, 4) is 0 Å². The Morgan fingerprint density at radius 1 is 1.29 bits per heavy atom. The van der Waals surface area contributed by atoms with E-state index in [1.54, 1.807) is 11.9 Å². The van der Waals surface area contributed by atoms with E-state index in [9.17, 15) is 9.59 Å². The normalized spacial score (nSPS) is 20.7. The number of nitrogens with zero attached hydrogens (tertiary/aromatic N) is 4. The summed E-state index contributed by atoms with van der Waals surface area (Å²) in [5.41, 5.74) is 1.24. The van der Waals surface area contributed by atoms with Gasteiger partial charge in [0.1, 0.15) is 11.8 Å². The van der Waals surface area contributed by atoms with Gasteiger partial charge in [0.25, 0.3) is 0 Å². The minimum absolute atomic E-state index is 0.0408. The Hall–Kier alpha value is -2.71. The molecule has 0 aliphatic heterocycles. The lowest BCUT2D eigenvalue weighted by molar-refractivity contribution is -0.142. The number of nitrogens with one attached hydrogen (secondary N) is 2. The topological polar surface area (TPSA) is 124 Å². The van der Waals surface area contributed by atoms with Gasteiger partial charge in [0, 0.05) is 13.1 Å². The summed E-state index contributed by atoms with van der Waals surface area (Å²) in [5, 5.41) is 12.0. The Morgan fingerprint density at radius 3 is 2.75 bits per heavy atom. The van der Waals surface area contributed by atoms with Crippen LogP contribution in [0.5, 0.6) is 0 Å². The van der Waals surface area contributed by atoms with Crippen molar-refractivity contribution in [3.63, 3.8) is 0 Å². The molecule has 1 amide bonds. The number of hydrogen-bond donors (Lipinski definition) is 3. The van der Waals surface area contributed by atoms with Crippen LogP contribution >= 0.6 is 0 Å². The number of fused-ring (bicyclic) bond motifs is 1. The molecule has 3 N–H and O–H groups in total. The molecule has 0 saturated heterocycles. The number of rotatable bonds is 5. The molecule has 1 aliphatic carbocycles. The van der Waals surface area contributed by atoms with E-state index in [2.05, 4.69) is 25.3 Å². The molecule has 1 saturated carbocycles. The van der Waals surface area contributed by atoms with E-state index in [1.807, 2.05) is 0 Å². The third kappa shape index (κ3) is 3.44. The van der Waals surface area contributed by atoms with Crippen LogP contribution in [0.1, 0.15) is 25.7 Å². The van der Waals surface area contributed by atoms with Crippen LogP contribution in [-0.2, 0) is 9.59 Å². The van der Waals surface area contributed by atoms with Crippen molar-refractivity contribution >= 4 is 28.9 Å². The Bertz CT molecular complexity index is 738. The standard InChI is InChI=1S/C15H20N6O3/c1-21(14-12-13(17-7-16-12)18-8-19-14)6-11(22)20-10-4-2-9(3-5-10)15(23)24/h7-10H,2-6H2,1H3,(H,20,22)(H,23,24)(H,16,17,18,19). The molecular formula is C15H20N6O3. The first kappa shape index (κ1) is 16.2. The number of amides is 1. The number of imidazole rings is 1. The second kappa shape index (κ2) is 6.81. The predicted molar refractivity (Wildman–Crippen MR) is 86.5 cm³/mol. The molecule has 2 aromatic rings. The molecule has 0 atom stereocenters. The smallest absolute Gasteiger partial charge is 0.306 e. The van der Waals surface area contributed by atoms with Crippen LogP contribution in [0.4, 0.5) is 5.82 Å². The maximum Gasteiger partial charge on any atom is 0.306 e. The van der Waals surface area contributed by atoms with Crippen LogP contribution in [-0.4, -0.2) is 56.6 Å². The molecule has 0 spiro atoms. The third-order valence-electron chi connectivity index (χ3n) is 4.39. The van der Waals surface area contributed by atoms with Crippen molar-refractivity contribution < 1.29 is 14.7 Å². The van der Waals surface area contributed by atoms with Crippen molar-refractivity contribution in [2.45, 2.75) is 31.7 Å². The van der Waals surface area contributed by atoms with Gasteiger partial charge in [0.15, 0.2) is 11.5 Å². The Morgan fingerprint density at radius 2 is 2.04 bits per heavy atom. The predicted octanol–water partition coefficient (Wildman–Crippen LogP) is 0.549. The molecule has 0 unspecified atom stereocenters. The minimum Gasteiger partial charge on any atom is -0.481 e. The Labute approximate surface area is 138 Å². The summed E-state index contributed by atoms with van der Waals surface area (Å²) in [5.74, 6) is -0.521. The van der Waals surface area contributed by atoms with Crippen LogP contribution in [0, 0.1) is 5.92 Å². The molecule has 9 nitrogen and oxygen atoms in total. The summed E-state index contributed by atoms with van der Waals surface area (Å²) in [6.07, 6.45) is 5.57. The fourth-order valence-corrected chi connectivity index (χ4v) is 3.09. The van der Waals surface area contributed by atoms with Crippen molar-refractivity contribution in [1.29, 1.82) is 0 Å². The molecule has 128 valence electrons. The van der Waals surface area contributed by atoms with Gasteiger partial charge in [-0.15, -0.1) is 0 Å². The number of carboxylic acids is 1. The Kier molecular flexibility index (Phi) is 4.59. The number of carboxylic acid groups (broad SMARTS) is 1. The van der Waals surface area contributed by atoms with E-state index in [0.29, 0.717) is 42.7 Å². The minimum atomic E-state index is -0.744. The maximum absolute atomic E-state index is 12.2. The van der Waals surface area contributed by atoms with E-state index < -0.39 is 5.97 Å². The van der Waals surface area contributed by atoms with E-state index in [0.717, 1.165) is 0 Å². The third-order valence-corrected chi connectivity index (χ3v) is 4.39. The van der Waals surface area contributed by atoms with Crippen LogP contribution in [0.25, 0.3) is 11.2 Å². The summed E-state index contributed by atoms with van der Waals surface area (Å²) in [6, 6.07) is 0.0408. The summed E-state index contributed by atoms with van der Waals surface area (Å²) in [6.45, 7) is 0.157. The molecular weight excluding hydrogens is 312 g/mol. The second-order valence-corrected chi connectivity index (χ2v) is 6.11. The monoisotopic (exact) mass is 332 g/mol. The molecule has 24 heavy (non-hydrogen) atoms. The second-order valence-electron chi connectivity index (χ2n) is 6.11. The lowest BCUT2D eigenvalue weighted by Gasteiger charge is -2.27. The number of anilines is 1. The first-order valence-electron chi connectivity index (χ1n) is 7.92. The van der Waals surface area contributed by atoms with Gasteiger partial charge in [0.2, 0.25) is 5.91 Å². The zero-order valence-electron chi connectivity index (χ0n) is 13.4. The summed E-state index contributed by atoms with van der Waals surface area (Å²) < 4.78 is 0. The molecule has 3 rings (SSSR count). The van der Waals surface area contributed by atoms with E-state index in [4.69, 9.17) is 5.11 Å². The molecule has 2 heterocycles. The summed E-state index contributed by atoms with van der Waals surface area (Å²) >= 11 is 0. The highest BCUT2D eigenvalue weighted by Crippen LogP contribution is 2.24. The lowest BCUT2D eigenvalue weighted by Crippen LogP contribution is -2.43. The van der Waals surface area contributed by atoms with Crippen molar-refractivity contribution in [2.24, 2.45) is 5.92 Å². The summed E-state index contributed by atoms with van der Waals surface area (Å²) in [7, 11) is 1.78. The van der Waals surface area contributed by atoms with Crippen LogP contribution in [0.3, 0.4) is 0 Å². The van der Waals surface area contributed by atoms with Crippen LogP contribution in [0.15, 0.2) is 12.7 Å². The SMILES string of the molecule is CN(CC(=O)NC1CCC(C(=O)O)CC1)c1ncnc2nc[nH]c12. The first-order valence-corrected chi connectivity index (χ1v) is 7.92. The number of H-pyrrole nitrogens is 1. The molecule has 0 radical (unpaired) electrons. The number of carbonyl (C=O) groups excluding carboxylic acids is 1. The quantitative estimate of drug-likeness (QED) is 0.730. The number of carbonyl (C=O) groups is 2. The van der Waals surface area contributed by atoms with Crippen LogP contribution in [0.2, 0.25) is 0 Å². The van der Waals surface area contributed by atoms with E-state index in [1.165, 1.54) is 12.7 Å². The molecule has 2 aromatic heterocycles. The average molecular weight is 332 g/mol. The summed E-state index contributed by atoms with van der Waals surface area (Å²) in [4.78, 5) is 40.2. The highest BCUT2D eigenvalue weighted by atomic mass is 16.4. The average Bonchev–Trinajstić information content (AvgIpc) is 3.03. The van der Waals surface area contributed by atoms with Gasteiger partial charge in [0.05, 0.1) is 18.8 Å². The van der Waals surface area contributed by atoms with Gasteiger partial charge in [-0.3, -0.25) is 9.59 Å². The van der Waals surface area contributed by atoms with Gasteiger partial charge in [-0.05, 0) is 25.7 Å².